The molecular formula is C21H21F6NO2. The zero-order chi connectivity index (χ0) is 22.9. The van der Waals surface area contributed by atoms with Crippen LogP contribution < -0.4 is 5.32 Å². The quantitative estimate of drug-likeness (QED) is 0.530. The van der Waals surface area contributed by atoms with Crippen LogP contribution in [-0.2, 0) is 18.8 Å². The Morgan fingerprint density at radius 2 is 1.43 bits per heavy atom. The van der Waals surface area contributed by atoms with Crippen molar-refractivity contribution in [1.29, 1.82) is 0 Å². The maximum atomic E-state index is 13.0. The van der Waals surface area contributed by atoms with Crippen LogP contribution in [0.3, 0.4) is 0 Å². The van der Waals surface area contributed by atoms with E-state index in [0.29, 0.717) is 24.1 Å². The van der Waals surface area contributed by atoms with Crippen LogP contribution in [0.1, 0.15) is 54.2 Å². The minimum atomic E-state index is -5.03. The lowest BCUT2D eigenvalue weighted by Crippen LogP contribution is -2.16. The standard InChI is InChI=1S/C21H21F6NO2/c1-19(2,3)7-6-12-4-5-17(29)16(8-12)18(30)28-15-10-13(20(22,23)24)9-14(11-15)21(25,26)27/h4-5,8-11,29H,6-7H2,1-3H3,(H,28,30). The molecule has 0 aromatic heterocycles. The lowest BCUT2D eigenvalue weighted by atomic mass is 9.88. The number of hydrogen-bond donors (Lipinski definition) is 2. The normalized spacial score (nSPS) is 12.7. The SMILES string of the molecule is CC(C)(C)CCc1ccc(O)c(C(=O)Nc2cc(C(F)(F)F)cc(C(F)(F)F)c2)c1. The first-order valence-corrected chi connectivity index (χ1v) is 8.99. The Kier molecular flexibility index (Phi) is 6.44. The number of phenols is 1. The van der Waals surface area contributed by atoms with Crippen molar-refractivity contribution in [2.45, 2.75) is 46.0 Å². The van der Waals surface area contributed by atoms with Crippen LogP contribution >= 0.6 is 0 Å². The predicted molar refractivity (Wildman–Crippen MR) is 100 cm³/mol. The van der Waals surface area contributed by atoms with Crippen molar-refractivity contribution in [3.63, 3.8) is 0 Å². The minimum Gasteiger partial charge on any atom is -0.507 e. The summed E-state index contributed by atoms with van der Waals surface area (Å²) in [7, 11) is 0. The second-order valence-corrected chi connectivity index (χ2v) is 8.16. The summed E-state index contributed by atoms with van der Waals surface area (Å²) in [6, 6.07) is 5.03. The molecule has 0 saturated heterocycles. The van der Waals surface area contributed by atoms with Gasteiger partial charge in [-0.25, -0.2) is 0 Å². The molecule has 0 spiro atoms. The number of carbonyl (C=O) groups is 1. The number of aryl methyl sites for hydroxylation is 1. The Morgan fingerprint density at radius 1 is 0.900 bits per heavy atom. The summed E-state index contributed by atoms with van der Waals surface area (Å²) in [5, 5.41) is 12.0. The van der Waals surface area contributed by atoms with Gasteiger partial charge in [-0.3, -0.25) is 4.79 Å². The van der Waals surface area contributed by atoms with Gasteiger partial charge in [0.05, 0.1) is 16.7 Å². The molecule has 0 saturated carbocycles. The summed E-state index contributed by atoms with van der Waals surface area (Å²) in [4.78, 5) is 12.5. The van der Waals surface area contributed by atoms with E-state index in [4.69, 9.17) is 0 Å². The number of benzene rings is 2. The topological polar surface area (TPSA) is 49.3 Å². The van der Waals surface area contributed by atoms with Crippen LogP contribution in [-0.4, -0.2) is 11.0 Å². The molecule has 0 radical (unpaired) electrons. The van der Waals surface area contributed by atoms with Gasteiger partial charge in [0.2, 0.25) is 0 Å². The number of alkyl halides is 6. The number of rotatable bonds is 4. The number of hydrogen-bond acceptors (Lipinski definition) is 2. The zero-order valence-corrected chi connectivity index (χ0v) is 16.5. The molecule has 1 amide bonds. The highest BCUT2D eigenvalue weighted by Crippen LogP contribution is 2.37. The van der Waals surface area contributed by atoms with Crippen molar-refractivity contribution in [3.05, 3.63) is 58.7 Å². The third-order valence-electron chi connectivity index (χ3n) is 4.31. The number of aromatic hydroxyl groups is 1. The van der Waals surface area contributed by atoms with Crippen molar-refractivity contribution < 1.29 is 36.2 Å². The van der Waals surface area contributed by atoms with E-state index in [-0.39, 0.29) is 17.0 Å². The third kappa shape index (κ3) is 6.40. The highest BCUT2D eigenvalue weighted by Gasteiger charge is 2.37. The first-order valence-electron chi connectivity index (χ1n) is 8.99. The molecule has 0 atom stereocenters. The smallest absolute Gasteiger partial charge is 0.416 e. The van der Waals surface area contributed by atoms with Crippen LogP contribution in [0.2, 0.25) is 0 Å². The Bertz CT molecular complexity index is 894. The lowest BCUT2D eigenvalue weighted by molar-refractivity contribution is -0.143. The molecule has 2 rings (SSSR count). The van der Waals surface area contributed by atoms with Gasteiger partial charge in [-0.2, -0.15) is 26.3 Å². The molecule has 0 heterocycles. The fourth-order valence-electron chi connectivity index (χ4n) is 2.67. The monoisotopic (exact) mass is 433 g/mol. The van der Waals surface area contributed by atoms with E-state index >= 15 is 0 Å². The number of anilines is 1. The highest BCUT2D eigenvalue weighted by molar-refractivity contribution is 6.06. The fourth-order valence-corrected chi connectivity index (χ4v) is 2.67. The summed E-state index contributed by atoms with van der Waals surface area (Å²) in [5.74, 6) is -1.45. The second kappa shape index (κ2) is 8.20. The van der Waals surface area contributed by atoms with Gasteiger partial charge in [-0.05, 0) is 54.2 Å². The molecule has 2 aromatic rings. The van der Waals surface area contributed by atoms with E-state index in [0.717, 1.165) is 6.42 Å². The Labute approximate surface area is 169 Å². The minimum absolute atomic E-state index is 0.00629. The number of nitrogens with one attached hydrogen (secondary N) is 1. The maximum absolute atomic E-state index is 13.0. The van der Waals surface area contributed by atoms with Gasteiger partial charge in [-0.1, -0.05) is 26.8 Å². The summed E-state index contributed by atoms with van der Waals surface area (Å²) in [6.07, 6.45) is -8.72. The summed E-state index contributed by atoms with van der Waals surface area (Å²) < 4.78 is 77.8. The molecule has 2 aromatic carbocycles. The molecule has 0 aliphatic carbocycles. The fraction of sp³-hybridized carbons (Fsp3) is 0.381. The average Bonchev–Trinajstić information content (AvgIpc) is 2.58. The van der Waals surface area contributed by atoms with Crippen LogP contribution in [0.5, 0.6) is 5.75 Å². The maximum Gasteiger partial charge on any atom is 0.416 e. The summed E-state index contributed by atoms with van der Waals surface area (Å²) in [5.41, 5.74) is -3.31. The highest BCUT2D eigenvalue weighted by atomic mass is 19.4. The molecule has 2 N–H and O–H groups in total. The van der Waals surface area contributed by atoms with E-state index in [9.17, 15) is 36.2 Å². The van der Waals surface area contributed by atoms with Crippen LogP contribution in [0.15, 0.2) is 36.4 Å². The summed E-state index contributed by atoms with van der Waals surface area (Å²) >= 11 is 0. The number of amides is 1. The van der Waals surface area contributed by atoms with Crippen molar-refractivity contribution in [2.75, 3.05) is 5.32 Å². The molecule has 3 nitrogen and oxygen atoms in total. The molecule has 0 fully saturated rings. The van der Waals surface area contributed by atoms with Crippen LogP contribution in [0, 0.1) is 5.41 Å². The van der Waals surface area contributed by atoms with Crippen molar-refractivity contribution in [1.82, 2.24) is 0 Å². The predicted octanol–water partition coefficient (Wildman–Crippen LogP) is 6.66. The van der Waals surface area contributed by atoms with Crippen molar-refractivity contribution in [3.8, 4) is 5.75 Å². The van der Waals surface area contributed by atoms with Crippen molar-refractivity contribution in [2.24, 2.45) is 5.41 Å². The lowest BCUT2D eigenvalue weighted by Gasteiger charge is -2.18. The van der Waals surface area contributed by atoms with E-state index < -0.39 is 40.8 Å². The van der Waals surface area contributed by atoms with Gasteiger partial charge in [0, 0.05) is 5.69 Å². The van der Waals surface area contributed by atoms with Gasteiger partial charge in [0.1, 0.15) is 5.75 Å². The number of carbonyl (C=O) groups excluding carboxylic acids is 1. The third-order valence-corrected chi connectivity index (χ3v) is 4.31. The molecule has 30 heavy (non-hydrogen) atoms. The van der Waals surface area contributed by atoms with Gasteiger partial charge in [-0.15, -0.1) is 0 Å². The molecular weight excluding hydrogens is 412 g/mol. The molecule has 164 valence electrons. The van der Waals surface area contributed by atoms with Gasteiger partial charge >= 0.3 is 12.4 Å². The van der Waals surface area contributed by atoms with E-state index in [1.54, 1.807) is 6.07 Å². The average molecular weight is 433 g/mol. The summed E-state index contributed by atoms with van der Waals surface area (Å²) in [6.45, 7) is 6.06. The number of halogens is 6. The second-order valence-electron chi connectivity index (χ2n) is 8.16. The largest absolute Gasteiger partial charge is 0.507 e. The van der Waals surface area contributed by atoms with Gasteiger partial charge in [0.25, 0.3) is 5.91 Å². The van der Waals surface area contributed by atoms with E-state index in [2.05, 4.69) is 0 Å². The molecule has 0 aliphatic heterocycles. The zero-order valence-electron chi connectivity index (χ0n) is 16.5. The van der Waals surface area contributed by atoms with Gasteiger partial charge in [0.15, 0.2) is 0 Å². The van der Waals surface area contributed by atoms with E-state index in [1.807, 2.05) is 26.1 Å². The Hall–Kier alpha value is -2.71. The number of phenolic OH excluding ortho intramolecular Hbond substituents is 1. The Balaban J connectivity index is 2.35. The van der Waals surface area contributed by atoms with E-state index in [1.165, 1.54) is 12.1 Å². The molecule has 0 unspecified atom stereocenters. The van der Waals surface area contributed by atoms with Gasteiger partial charge < -0.3 is 10.4 Å². The molecule has 0 aliphatic rings. The molecule has 0 bridgehead atoms. The first-order chi connectivity index (χ1) is 13.6. The van der Waals surface area contributed by atoms with Crippen LogP contribution in [0.25, 0.3) is 0 Å². The Morgan fingerprint density at radius 3 is 1.90 bits per heavy atom. The molecule has 9 heteroatoms. The van der Waals surface area contributed by atoms with Crippen molar-refractivity contribution >= 4 is 11.6 Å². The van der Waals surface area contributed by atoms with Crippen LogP contribution in [0.4, 0.5) is 32.0 Å². The first kappa shape index (κ1) is 23.6.